The first kappa shape index (κ1) is 28.7. The van der Waals surface area contributed by atoms with Crippen LogP contribution in [0.1, 0.15) is 74.8 Å². The number of hydrogen-bond acceptors (Lipinski definition) is 8. The molecular weight excluding hydrogens is 548 g/mol. The molecule has 1 fully saturated rings. The molecule has 1 N–H and O–H groups in total. The van der Waals surface area contributed by atoms with E-state index in [1.807, 2.05) is 18.2 Å². The maximum Gasteiger partial charge on any atom is 0.337 e. The highest BCUT2D eigenvalue weighted by Gasteiger charge is 2.42. The summed E-state index contributed by atoms with van der Waals surface area (Å²) in [7, 11) is 3.13. The lowest BCUT2D eigenvalue weighted by Crippen LogP contribution is -2.37. The normalized spacial score (nSPS) is 21.2. The third kappa shape index (κ3) is 5.68. The average molecular weight is 581 g/mol. The summed E-state index contributed by atoms with van der Waals surface area (Å²) in [5.74, 6) is -0.445. The molecule has 1 saturated carbocycles. The summed E-state index contributed by atoms with van der Waals surface area (Å²) in [6.45, 7) is 1.78. The van der Waals surface area contributed by atoms with E-state index in [1.165, 1.54) is 12.1 Å². The van der Waals surface area contributed by atoms with Crippen LogP contribution >= 0.6 is 11.6 Å². The molecule has 5 rings (SSSR count). The van der Waals surface area contributed by atoms with E-state index in [0.29, 0.717) is 46.0 Å². The molecule has 0 unspecified atom stereocenters. The lowest BCUT2D eigenvalue weighted by atomic mass is 9.71. The first-order valence-corrected chi connectivity index (χ1v) is 14.2. The van der Waals surface area contributed by atoms with Gasteiger partial charge in [0.15, 0.2) is 17.3 Å². The molecule has 9 nitrogen and oxygen atoms in total. The van der Waals surface area contributed by atoms with Crippen LogP contribution in [0.25, 0.3) is 0 Å². The van der Waals surface area contributed by atoms with Crippen LogP contribution in [0.2, 0.25) is 5.02 Å². The number of nitrogens with zero attached hydrogens (tertiary/aromatic N) is 1. The predicted molar refractivity (Wildman–Crippen MR) is 153 cm³/mol. The second kappa shape index (κ2) is 11.9. The molecule has 0 radical (unpaired) electrons. The molecular formula is C31H33ClN2O7. The van der Waals surface area contributed by atoms with E-state index in [-0.39, 0.29) is 34.9 Å². The zero-order chi connectivity index (χ0) is 29.3. The fourth-order valence-electron chi connectivity index (χ4n) is 6.23. The van der Waals surface area contributed by atoms with Gasteiger partial charge in [-0.3, -0.25) is 14.9 Å². The van der Waals surface area contributed by atoms with Gasteiger partial charge < -0.3 is 19.5 Å². The van der Waals surface area contributed by atoms with Gasteiger partial charge in [0.2, 0.25) is 0 Å². The number of halogens is 1. The minimum absolute atomic E-state index is 0.0163. The summed E-state index contributed by atoms with van der Waals surface area (Å²) < 4.78 is 16.8. The van der Waals surface area contributed by atoms with E-state index in [1.54, 1.807) is 27.2 Å². The molecule has 216 valence electrons. The number of Topliss-reactive ketones (excluding diaryl/α,β-unsaturated/α-hetero) is 1. The highest BCUT2D eigenvalue weighted by molar-refractivity contribution is 6.32. The van der Waals surface area contributed by atoms with Crippen LogP contribution in [0.5, 0.6) is 11.5 Å². The monoisotopic (exact) mass is 580 g/mol. The third-order valence-corrected chi connectivity index (χ3v) is 8.57. The minimum atomic E-state index is -0.822. The topological polar surface area (TPSA) is 117 Å². The van der Waals surface area contributed by atoms with Crippen LogP contribution in [0, 0.1) is 10.1 Å². The summed E-state index contributed by atoms with van der Waals surface area (Å²) in [6, 6.07) is 10.1. The maximum absolute atomic E-state index is 13.9. The molecule has 41 heavy (non-hydrogen) atoms. The van der Waals surface area contributed by atoms with Gasteiger partial charge in [0.05, 0.1) is 24.7 Å². The van der Waals surface area contributed by atoms with Gasteiger partial charge in [0.25, 0.3) is 5.69 Å². The van der Waals surface area contributed by atoms with Crippen molar-refractivity contribution < 1.29 is 28.7 Å². The van der Waals surface area contributed by atoms with E-state index < -0.39 is 16.8 Å². The number of carbonyl (C=O) groups excluding carboxylic acids is 2. The number of benzene rings is 2. The summed E-state index contributed by atoms with van der Waals surface area (Å²) in [5.41, 5.74) is 3.07. The van der Waals surface area contributed by atoms with Crippen LogP contribution in [0.15, 0.2) is 58.9 Å². The minimum Gasteiger partial charge on any atom is -0.493 e. The Kier molecular flexibility index (Phi) is 8.35. The molecule has 0 bridgehead atoms. The molecule has 0 aromatic heterocycles. The van der Waals surface area contributed by atoms with Crippen molar-refractivity contribution in [1.82, 2.24) is 5.32 Å². The zero-order valence-corrected chi connectivity index (χ0v) is 24.1. The largest absolute Gasteiger partial charge is 0.493 e. The summed E-state index contributed by atoms with van der Waals surface area (Å²) >= 11 is 6.13. The lowest BCUT2D eigenvalue weighted by molar-refractivity contribution is -0.384. The highest BCUT2D eigenvalue weighted by Crippen LogP contribution is 2.47. The van der Waals surface area contributed by atoms with Crippen molar-refractivity contribution in [1.29, 1.82) is 0 Å². The summed E-state index contributed by atoms with van der Waals surface area (Å²) in [4.78, 5) is 38.8. The Hall–Kier alpha value is -3.85. The second-order valence-electron chi connectivity index (χ2n) is 10.8. The van der Waals surface area contributed by atoms with Crippen molar-refractivity contribution in [2.45, 2.75) is 69.8 Å². The van der Waals surface area contributed by atoms with Crippen molar-refractivity contribution in [2.75, 3.05) is 14.2 Å². The number of nitro benzene ring substituents is 1. The Morgan fingerprint density at radius 3 is 2.39 bits per heavy atom. The number of ketones is 1. The number of methoxy groups -OCH3 is 2. The molecule has 2 aromatic carbocycles. The first-order chi connectivity index (χ1) is 19.7. The maximum atomic E-state index is 13.9. The highest BCUT2D eigenvalue weighted by atomic mass is 35.5. The van der Waals surface area contributed by atoms with Gasteiger partial charge in [-0.15, -0.1) is 0 Å². The molecule has 2 aliphatic carbocycles. The quantitative estimate of drug-likeness (QED) is 0.224. The van der Waals surface area contributed by atoms with E-state index in [9.17, 15) is 19.7 Å². The first-order valence-electron chi connectivity index (χ1n) is 13.8. The van der Waals surface area contributed by atoms with Crippen LogP contribution in [0.3, 0.4) is 0 Å². The van der Waals surface area contributed by atoms with Gasteiger partial charge in [0.1, 0.15) is 11.1 Å². The van der Waals surface area contributed by atoms with E-state index in [0.717, 1.165) is 37.7 Å². The Bertz CT molecular complexity index is 1460. The Labute approximate surface area is 243 Å². The smallest absolute Gasteiger partial charge is 0.337 e. The van der Waals surface area contributed by atoms with Gasteiger partial charge in [-0.1, -0.05) is 30.2 Å². The van der Waals surface area contributed by atoms with Gasteiger partial charge in [0, 0.05) is 35.4 Å². The molecule has 2 aromatic rings. The second-order valence-corrected chi connectivity index (χ2v) is 11.2. The van der Waals surface area contributed by atoms with Crippen LogP contribution < -0.4 is 14.8 Å². The Morgan fingerprint density at radius 2 is 1.71 bits per heavy atom. The number of esters is 1. The molecule has 10 heteroatoms. The number of rotatable bonds is 7. The van der Waals surface area contributed by atoms with Crippen molar-refractivity contribution in [3.63, 3.8) is 0 Å². The van der Waals surface area contributed by atoms with E-state index in [2.05, 4.69) is 5.32 Å². The molecule has 0 amide bonds. The van der Waals surface area contributed by atoms with E-state index >= 15 is 0 Å². The molecule has 1 aliphatic heterocycles. The zero-order valence-electron chi connectivity index (χ0n) is 23.3. The average Bonchev–Trinajstić information content (AvgIpc) is 2.96. The van der Waals surface area contributed by atoms with Crippen molar-refractivity contribution in [2.24, 2.45) is 0 Å². The van der Waals surface area contributed by atoms with Crippen molar-refractivity contribution in [3.8, 4) is 11.5 Å². The lowest BCUT2D eigenvalue weighted by Gasteiger charge is -2.37. The number of allylic oxidation sites excluding steroid dienone is 3. The third-order valence-electron chi connectivity index (χ3n) is 8.25. The number of nitrogens with one attached hydrogen (secondary N) is 1. The van der Waals surface area contributed by atoms with Gasteiger partial charge in [-0.25, -0.2) is 4.79 Å². The number of hydrogen-bond donors (Lipinski definition) is 1. The number of carbonyl (C=O) groups is 2. The molecule has 0 saturated heterocycles. The van der Waals surface area contributed by atoms with Crippen molar-refractivity contribution >= 4 is 29.0 Å². The van der Waals surface area contributed by atoms with Crippen LogP contribution in [-0.4, -0.2) is 37.0 Å². The van der Waals surface area contributed by atoms with Gasteiger partial charge in [-0.05, 0) is 74.3 Å². The van der Waals surface area contributed by atoms with Gasteiger partial charge in [-0.2, -0.15) is 0 Å². The molecule has 0 spiro atoms. The molecule has 2 atom stereocenters. The van der Waals surface area contributed by atoms with Crippen LogP contribution in [0.4, 0.5) is 5.69 Å². The Morgan fingerprint density at radius 1 is 1.00 bits per heavy atom. The van der Waals surface area contributed by atoms with Crippen LogP contribution in [-0.2, 0) is 14.3 Å². The predicted octanol–water partition coefficient (Wildman–Crippen LogP) is 6.50. The van der Waals surface area contributed by atoms with Crippen molar-refractivity contribution in [3.05, 3.63) is 85.2 Å². The number of ether oxygens (including phenoxy) is 3. The Balaban J connectivity index is 1.56. The fourth-order valence-corrected chi connectivity index (χ4v) is 6.42. The van der Waals surface area contributed by atoms with E-state index in [4.69, 9.17) is 25.8 Å². The fraction of sp³-hybridized carbons (Fsp3) is 0.419. The summed E-state index contributed by atoms with van der Waals surface area (Å²) in [6.07, 6.45) is 5.20. The molecule has 1 heterocycles. The standard InChI is InChI=1S/C31H33ClN2O7/c1-17-28(31(36)41-21-7-5-4-6-8-21)29(19-9-11-22(32)24(14-19)34(37)38)30-23(33-17)13-20(15-25(30)35)18-10-12-26(39-2)27(16-18)40-3/h9-12,14,16,20-21,29,33H,4-8,13,15H2,1-3H3/t20-,29-/m0/s1. The molecule has 3 aliphatic rings. The summed E-state index contributed by atoms with van der Waals surface area (Å²) in [5, 5.41) is 15.1. The number of dihydropyridines is 1. The number of nitro groups is 1. The SMILES string of the molecule is COc1ccc([C@@H]2CC(=O)C3=C(C2)NC(C)=C(C(=O)OC2CCCCC2)[C@@H]3c2ccc(Cl)c([N+](=O)[O-])c2)cc1OC. The van der Waals surface area contributed by atoms with Gasteiger partial charge >= 0.3 is 5.97 Å².